The first-order valence-corrected chi connectivity index (χ1v) is 3.70. The minimum atomic E-state index is -0.466. The van der Waals surface area contributed by atoms with E-state index in [4.69, 9.17) is 19.9 Å². The first kappa shape index (κ1) is 11.4. The Morgan fingerprint density at radius 3 is 2.33 bits per heavy atom. The normalized spacial score (nSPS) is 10.1. The van der Waals surface area contributed by atoms with Gasteiger partial charge in [-0.05, 0) is 0 Å². The molecule has 0 aromatic heterocycles. The molecule has 5 nitrogen and oxygen atoms in total. The van der Waals surface area contributed by atoms with Crippen molar-refractivity contribution < 1.29 is 19.0 Å². The van der Waals surface area contributed by atoms with Crippen LogP contribution in [0.3, 0.4) is 0 Å². The molecule has 0 radical (unpaired) electrons. The van der Waals surface area contributed by atoms with Gasteiger partial charge in [0.05, 0.1) is 26.4 Å². The smallest absolute Gasteiger partial charge is 0.243 e. The maximum atomic E-state index is 10.2. The van der Waals surface area contributed by atoms with E-state index in [-0.39, 0.29) is 6.61 Å². The topological polar surface area (TPSA) is 70.8 Å². The Kier molecular flexibility index (Phi) is 7.99. The zero-order valence-corrected chi connectivity index (χ0v) is 7.25. The monoisotopic (exact) mass is 177 g/mol. The Labute approximate surface area is 71.8 Å². The lowest BCUT2D eigenvalue weighted by Crippen LogP contribution is -2.19. The number of primary amides is 1. The predicted molar refractivity (Wildman–Crippen MR) is 42.7 cm³/mol. The van der Waals surface area contributed by atoms with Crippen molar-refractivity contribution in [1.82, 2.24) is 0 Å². The second-order valence-corrected chi connectivity index (χ2v) is 2.12. The average molecular weight is 177 g/mol. The Hall–Kier alpha value is -0.650. The average Bonchev–Trinajstić information content (AvgIpc) is 2.02. The van der Waals surface area contributed by atoms with Gasteiger partial charge in [0.2, 0.25) is 5.91 Å². The summed E-state index contributed by atoms with van der Waals surface area (Å²) in [4.78, 5) is 10.2. The molecule has 0 saturated heterocycles. The molecule has 0 aromatic carbocycles. The van der Waals surface area contributed by atoms with E-state index in [1.807, 2.05) is 0 Å². The molecule has 12 heavy (non-hydrogen) atoms. The van der Waals surface area contributed by atoms with Crippen LogP contribution in [-0.2, 0) is 19.0 Å². The van der Waals surface area contributed by atoms with Gasteiger partial charge in [0.1, 0.15) is 6.61 Å². The summed E-state index contributed by atoms with van der Waals surface area (Å²) in [5, 5.41) is 0. The van der Waals surface area contributed by atoms with Crippen molar-refractivity contribution in [3.63, 3.8) is 0 Å². The molecule has 5 heteroatoms. The van der Waals surface area contributed by atoms with E-state index in [9.17, 15) is 4.79 Å². The van der Waals surface area contributed by atoms with E-state index in [0.717, 1.165) is 0 Å². The van der Waals surface area contributed by atoms with Crippen molar-refractivity contribution in [2.75, 3.05) is 40.1 Å². The summed E-state index contributed by atoms with van der Waals surface area (Å²) in [5.41, 5.74) is 4.83. The van der Waals surface area contributed by atoms with Crippen LogP contribution in [-0.4, -0.2) is 46.1 Å². The van der Waals surface area contributed by atoms with Crippen LogP contribution in [0.15, 0.2) is 0 Å². The van der Waals surface area contributed by atoms with Crippen LogP contribution in [0, 0.1) is 0 Å². The van der Waals surface area contributed by atoms with E-state index in [0.29, 0.717) is 26.4 Å². The van der Waals surface area contributed by atoms with Gasteiger partial charge in [-0.1, -0.05) is 0 Å². The van der Waals surface area contributed by atoms with Gasteiger partial charge in [0.15, 0.2) is 0 Å². The largest absolute Gasteiger partial charge is 0.382 e. The van der Waals surface area contributed by atoms with Crippen molar-refractivity contribution in [2.24, 2.45) is 5.73 Å². The van der Waals surface area contributed by atoms with Crippen molar-refractivity contribution in [3.05, 3.63) is 0 Å². The quantitative estimate of drug-likeness (QED) is 0.490. The number of carbonyl (C=O) groups is 1. The van der Waals surface area contributed by atoms with Crippen LogP contribution in [0.2, 0.25) is 0 Å². The lowest BCUT2D eigenvalue weighted by atomic mass is 10.6. The molecule has 0 aliphatic rings. The molecule has 0 unspecified atom stereocenters. The SMILES string of the molecule is COCCOCCOCC(N)=O. The minimum Gasteiger partial charge on any atom is -0.382 e. The molecule has 0 rings (SSSR count). The first-order valence-electron chi connectivity index (χ1n) is 3.70. The number of amides is 1. The highest BCUT2D eigenvalue weighted by Gasteiger charge is 1.93. The van der Waals surface area contributed by atoms with Crippen LogP contribution in [0.25, 0.3) is 0 Å². The Bertz CT molecular complexity index is 118. The summed E-state index contributed by atoms with van der Waals surface area (Å²) in [6.07, 6.45) is 0. The summed E-state index contributed by atoms with van der Waals surface area (Å²) in [7, 11) is 1.60. The molecular formula is C7H15NO4. The Balaban J connectivity index is 2.86. The third-order valence-electron chi connectivity index (χ3n) is 1.05. The zero-order valence-electron chi connectivity index (χ0n) is 7.25. The first-order chi connectivity index (χ1) is 5.77. The molecule has 0 aliphatic carbocycles. The fourth-order valence-corrected chi connectivity index (χ4v) is 0.535. The van der Waals surface area contributed by atoms with Gasteiger partial charge in [-0.15, -0.1) is 0 Å². The molecule has 0 atom stereocenters. The third kappa shape index (κ3) is 9.35. The molecular weight excluding hydrogens is 162 g/mol. The van der Waals surface area contributed by atoms with Crippen LogP contribution < -0.4 is 5.73 Å². The highest BCUT2D eigenvalue weighted by Crippen LogP contribution is 1.78. The van der Waals surface area contributed by atoms with Gasteiger partial charge >= 0.3 is 0 Å². The summed E-state index contributed by atoms with van der Waals surface area (Å²) in [6, 6.07) is 0. The summed E-state index contributed by atoms with van der Waals surface area (Å²) in [6.45, 7) is 1.89. The number of hydrogen-bond acceptors (Lipinski definition) is 4. The van der Waals surface area contributed by atoms with E-state index in [1.54, 1.807) is 7.11 Å². The number of ether oxygens (including phenoxy) is 3. The fourth-order valence-electron chi connectivity index (χ4n) is 0.535. The van der Waals surface area contributed by atoms with Crippen molar-refractivity contribution >= 4 is 5.91 Å². The second-order valence-electron chi connectivity index (χ2n) is 2.12. The van der Waals surface area contributed by atoms with Gasteiger partial charge < -0.3 is 19.9 Å². The lowest BCUT2D eigenvalue weighted by molar-refractivity contribution is -0.123. The fraction of sp³-hybridized carbons (Fsp3) is 0.857. The second kappa shape index (κ2) is 8.45. The number of methoxy groups -OCH3 is 1. The van der Waals surface area contributed by atoms with Crippen molar-refractivity contribution in [3.8, 4) is 0 Å². The molecule has 1 amide bonds. The molecule has 0 aromatic rings. The van der Waals surface area contributed by atoms with Gasteiger partial charge in [0.25, 0.3) is 0 Å². The van der Waals surface area contributed by atoms with Gasteiger partial charge in [-0.3, -0.25) is 4.79 Å². The maximum Gasteiger partial charge on any atom is 0.243 e. The van der Waals surface area contributed by atoms with E-state index in [2.05, 4.69) is 0 Å². The number of rotatable bonds is 8. The number of carbonyl (C=O) groups excluding carboxylic acids is 1. The van der Waals surface area contributed by atoms with Gasteiger partial charge in [0, 0.05) is 7.11 Å². The zero-order chi connectivity index (χ0) is 9.23. The molecule has 0 bridgehead atoms. The van der Waals surface area contributed by atoms with E-state index in [1.165, 1.54) is 0 Å². The minimum absolute atomic E-state index is 0.0480. The summed E-state index contributed by atoms with van der Waals surface area (Å²) >= 11 is 0. The molecule has 2 N–H and O–H groups in total. The van der Waals surface area contributed by atoms with Gasteiger partial charge in [-0.25, -0.2) is 0 Å². The maximum absolute atomic E-state index is 10.2. The Morgan fingerprint density at radius 2 is 1.75 bits per heavy atom. The molecule has 0 saturated carbocycles. The van der Waals surface area contributed by atoms with E-state index >= 15 is 0 Å². The van der Waals surface area contributed by atoms with Crippen LogP contribution in [0.5, 0.6) is 0 Å². The molecule has 0 heterocycles. The van der Waals surface area contributed by atoms with E-state index < -0.39 is 5.91 Å². The lowest BCUT2D eigenvalue weighted by Gasteiger charge is -2.03. The van der Waals surface area contributed by atoms with Gasteiger partial charge in [-0.2, -0.15) is 0 Å². The number of nitrogens with two attached hydrogens (primary N) is 1. The highest BCUT2D eigenvalue weighted by atomic mass is 16.5. The van der Waals surface area contributed by atoms with Crippen LogP contribution in [0.1, 0.15) is 0 Å². The van der Waals surface area contributed by atoms with Crippen molar-refractivity contribution in [2.45, 2.75) is 0 Å². The predicted octanol–water partition coefficient (Wildman–Crippen LogP) is -0.849. The molecule has 0 aliphatic heterocycles. The third-order valence-corrected chi connectivity index (χ3v) is 1.05. The molecule has 0 spiro atoms. The van der Waals surface area contributed by atoms with Crippen molar-refractivity contribution in [1.29, 1.82) is 0 Å². The molecule has 72 valence electrons. The number of hydrogen-bond donors (Lipinski definition) is 1. The summed E-state index contributed by atoms with van der Waals surface area (Å²) < 4.78 is 14.6. The standard InChI is InChI=1S/C7H15NO4/c1-10-2-3-11-4-5-12-6-7(8)9/h2-6H2,1H3,(H2,8,9). The Morgan fingerprint density at radius 1 is 1.17 bits per heavy atom. The van der Waals surface area contributed by atoms with Crippen LogP contribution >= 0.6 is 0 Å². The highest BCUT2D eigenvalue weighted by molar-refractivity contribution is 5.74. The molecule has 0 fully saturated rings. The summed E-state index contributed by atoms with van der Waals surface area (Å²) in [5.74, 6) is -0.466. The van der Waals surface area contributed by atoms with Crippen LogP contribution in [0.4, 0.5) is 0 Å².